The Morgan fingerprint density at radius 1 is 0.848 bits per heavy atom. The standard InChI is InChI=1S/C27H23N3O3/c1-32-21-12-13-25(33-2)23(16-21)22-8-5-7-19-17-28-30(27(31)26(19)22)15-14-20-11-10-18-6-3-4-9-24(18)29-20/h3-13,16-17H,14-15H2,1-2H3. The molecule has 0 N–H and O–H groups in total. The Kier molecular flexibility index (Phi) is 5.48. The van der Waals surface area contributed by atoms with Crippen molar-refractivity contribution in [3.63, 3.8) is 0 Å². The maximum absolute atomic E-state index is 13.5. The van der Waals surface area contributed by atoms with Crippen LogP contribution in [0.15, 0.2) is 83.8 Å². The van der Waals surface area contributed by atoms with Gasteiger partial charge in [-0.3, -0.25) is 9.78 Å². The highest BCUT2D eigenvalue weighted by atomic mass is 16.5. The molecule has 0 aliphatic carbocycles. The molecule has 6 heteroatoms. The summed E-state index contributed by atoms with van der Waals surface area (Å²) in [6, 6.07) is 23.4. The number of para-hydroxylation sites is 1. The number of aromatic nitrogens is 3. The molecule has 0 aliphatic heterocycles. The zero-order chi connectivity index (χ0) is 22.8. The maximum atomic E-state index is 13.5. The molecule has 0 fully saturated rings. The van der Waals surface area contributed by atoms with E-state index in [1.54, 1.807) is 20.4 Å². The van der Waals surface area contributed by atoms with E-state index in [4.69, 9.17) is 14.5 Å². The summed E-state index contributed by atoms with van der Waals surface area (Å²) in [6.07, 6.45) is 2.34. The van der Waals surface area contributed by atoms with E-state index in [9.17, 15) is 4.79 Å². The minimum atomic E-state index is -0.145. The van der Waals surface area contributed by atoms with Crippen LogP contribution in [-0.2, 0) is 13.0 Å². The Balaban J connectivity index is 1.55. The fourth-order valence-corrected chi connectivity index (χ4v) is 4.11. The lowest BCUT2D eigenvalue weighted by molar-refractivity contribution is 0.404. The third kappa shape index (κ3) is 3.91. The quantitative estimate of drug-likeness (QED) is 0.379. The summed E-state index contributed by atoms with van der Waals surface area (Å²) in [6.45, 7) is 0.434. The number of ether oxygens (including phenoxy) is 2. The van der Waals surface area contributed by atoms with E-state index >= 15 is 0 Å². The SMILES string of the molecule is COc1ccc(OC)c(-c2cccc3cnn(CCc4ccc5ccccc5n4)c(=O)c23)c1. The highest BCUT2D eigenvalue weighted by molar-refractivity contribution is 5.97. The van der Waals surface area contributed by atoms with Crippen LogP contribution in [0.2, 0.25) is 0 Å². The number of aryl methyl sites for hydroxylation is 2. The van der Waals surface area contributed by atoms with Crippen molar-refractivity contribution in [3.8, 4) is 22.6 Å². The first-order valence-electron chi connectivity index (χ1n) is 10.7. The number of rotatable bonds is 6. The van der Waals surface area contributed by atoms with Gasteiger partial charge in [0.1, 0.15) is 11.5 Å². The van der Waals surface area contributed by atoms with Gasteiger partial charge in [0.05, 0.1) is 37.9 Å². The minimum absolute atomic E-state index is 0.145. The Morgan fingerprint density at radius 3 is 2.55 bits per heavy atom. The third-order valence-electron chi connectivity index (χ3n) is 5.81. The van der Waals surface area contributed by atoms with Crippen LogP contribution < -0.4 is 15.0 Å². The summed E-state index contributed by atoms with van der Waals surface area (Å²) in [5, 5.41) is 6.89. The summed E-state index contributed by atoms with van der Waals surface area (Å²) in [5.41, 5.74) is 3.31. The van der Waals surface area contributed by atoms with E-state index in [0.717, 1.165) is 33.1 Å². The second-order valence-electron chi connectivity index (χ2n) is 7.75. The van der Waals surface area contributed by atoms with Crippen LogP contribution in [0.1, 0.15) is 5.69 Å². The van der Waals surface area contributed by atoms with Gasteiger partial charge in [0.15, 0.2) is 0 Å². The van der Waals surface area contributed by atoms with Crippen molar-refractivity contribution in [1.29, 1.82) is 0 Å². The molecule has 0 amide bonds. The normalized spacial score (nSPS) is 11.1. The summed E-state index contributed by atoms with van der Waals surface area (Å²) < 4.78 is 12.5. The minimum Gasteiger partial charge on any atom is -0.497 e. The van der Waals surface area contributed by atoms with Crippen LogP contribution in [0.5, 0.6) is 11.5 Å². The number of pyridine rings is 1. The van der Waals surface area contributed by atoms with Crippen LogP contribution in [0.3, 0.4) is 0 Å². The van der Waals surface area contributed by atoms with Gasteiger partial charge in [0.25, 0.3) is 5.56 Å². The van der Waals surface area contributed by atoms with Crippen molar-refractivity contribution < 1.29 is 9.47 Å². The van der Waals surface area contributed by atoms with E-state index in [2.05, 4.69) is 11.2 Å². The van der Waals surface area contributed by atoms with Crippen LogP contribution in [0, 0.1) is 0 Å². The molecule has 0 saturated carbocycles. The van der Waals surface area contributed by atoms with Gasteiger partial charge in [-0.2, -0.15) is 5.10 Å². The Morgan fingerprint density at radius 2 is 1.70 bits per heavy atom. The predicted octanol–water partition coefficient (Wildman–Crippen LogP) is 4.87. The van der Waals surface area contributed by atoms with E-state index < -0.39 is 0 Å². The third-order valence-corrected chi connectivity index (χ3v) is 5.81. The van der Waals surface area contributed by atoms with Crippen molar-refractivity contribution in [2.45, 2.75) is 13.0 Å². The zero-order valence-electron chi connectivity index (χ0n) is 18.5. The summed E-state index contributed by atoms with van der Waals surface area (Å²) in [4.78, 5) is 18.2. The molecule has 164 valence electrons. The van der Waals surface area contributed by atoms with Crippen LogP contribution >= 0.6 is 0 Å². The van der Waals surface area contributed by atoms with Gasteiger partial charge >= 0.3 is 0 Å². The number of hydrogen-bond acceptors (Lipinski definition) is 5. The lowest BCUT2D eigenvalue weighted by atomic mass is 9.99. The fraction of sp³-hybridized carbons (Fsp3) is 0.148. The summed E-state index contributed by atoms with van der Waals surface area (Å²) in [5.74, 6) is 1.37. The van der Waals surface area contributed by atoms with Gasteiger partial charge in [0, 0.05) is 28.5 Å². The lowest BCUT2D eigenvalue weighted by Gasteiger charge is -2.13. The second kappa shape index (κ2) is 8.74. The molecule has 0 aliphatic rings. The largest absolute Gasteiger partial charge is 0.497 e. The average Bonchev–Trinajstić information content (AvgIpc) is 2.87. The van der Waals surface area contributed by atoms with Gasteiger partial charge in [-0.1, -0.05) is 42.5 Å². The second-order valence-corrected chi connectivity index (χ2v) is 7.75. The first kappa shape index (κ1) is 20.7. The van der Waals surface area contributed by atoms with Crippen LogP contribution in [-0.4, -0.2) is 29.0 Å². The Bertz CT molecular complexity index is 1520. The lowest BCUT2D eigenvalue weighted by Crippen LogP contribution is -2.24. The molecule has 33 heavy (non-hydrogen) atoms. The van der Waals surface area contributed by atoms with Crippen LogP contribution in [0.4, 0.5) is 0 Å². The molecule has 5 aromatic rings. The number of hydrogen-bond donors (Lipinski definition) is 0. The first-order chi connectivity index (χ1) is 16.2. The van der Waals surface area contributed by atoms with Crippen molar-refractivity contribution >= 4 is 21.7 Å². The van der Waals surface area contributed by atoms with Crippen LogP contribution in [0.25, 0.3) is 32.8 Å². The van der Waals surface area contributed by atoms with E-state index in [1.165, 1.54) is 4.68 Å². The number of nitrogens with zero attached hydrogens (tertiary/aromatic N) is 3. The molecule has 0 atom stereocenters. The Hall–Kier alpha value is -4.19. The molecule has 6 nitrogen and oxygen atoms in total. The van der Waals surface area contributed by atoms with Gasteiger partial charge in [-0.25, -0.2) is 4.68 Å². The molecule has 0 radical (unpaired) electrons. The van der Waals surface area contributed by atoms with Crippen molar-refractivity contribution in [1.82, 2.24) is 14.8 Å². The number of methoxy groups -OCH3 is 2. The zero-order valence-corrected chi connectivity index (χ0v) is 18.5. The van der Waals surface area contributed by atoms with E-state index in [-0.39, 0.29) is 5.56 Å². The molecule has 0 bridgehead atoms. The fourth-order valence-electron chi connectivity index (χ4n) is 4.11. The topological polar surface area (TPSA) is 66.2 Å². The van der Waals surface area contributed by atoms with Crippen molar-refractivity contribution in [2.24, 2.45) is 0 Å². The molecular formula is C27H23N3O3. The highest BCUT2D eigenvalue weighted by Gasteiger charge is 2.15. The predicted molar refractivity (Wildman–Crippen MR) is 130 cm³/mol. The number of benzene rings is 3. The summed E-state index contributed by atoms with van der Waals surface area (Å²) in [7, 11) is 3.24. The van der Waals surface area contributed by atoms with Gasteiger partial charge in [-0.05, 0) is 35.9 Å². The molecule has 2 heterocycles. The molecule has 5 rings (SSSR count). The maximum Gasteiger partial charge on any atom is 0.275 e. The smallest absolute Gasteiger partial charge is 0.275 e. The van der Waals surface area contributed by atoms with Gasteiger partial charge in [0.2, 0.25) is 0 Å². The molecule has 3 aromatic carbocycles. The molecule has 0 spiro atoms. The first-order valence-corrected chi connectivity index (χ1v) is 10.7. The van der Waals surface area contributed by atoms with Gasteiger partial charge < -0.3 is 9.47 Å². The monoisotopic (exact) mass is 437 g/mol. The molecule has 2 aromatic heterocycles. The van der Waals surface area contributed by atoms with E-state index in [1.807, 2.05) is 66.7 Å². The molecule has 0 saturated heterocycles. The number of fused-ring (bicyclic) bond motifs is 2. The van der Waals surface area contributed by atoms with E-state index in [0.29, 0.717) is 29.9 Å². The van der Waals surface area contributed by atoms with Crippen molar-refractivity contribution in [2.75, 3.05) is 14.2 Å². The van der Waals surface area contributed by atoms with Gasteiger partial charge in [-0.15, -0.1) is 0 Å². The van der Waals surface area contributed by atoms with Crippen molar-refractivity contribution in [3.05, 3.63) is 95.0 Å². The average molecular weight is 437 g/mol. The summed E-state index contributed by atoms with van der Waals surface area (Å²) >= 11 is 0. The Labute approximate surface area is 191 Å². The molecular weight excluding hydrogens is 414 g/mol. The molecule has 0 unspecified atom stereocenters. The highest BCUT2D eigenvalue weighted by Crippen LogP contribution is 2.36.